The Balaban J connectivity index is 1.58. The summed E-state index contributed by atoms with van der Waals surface area (Å²) >= 11 is 2.75. The highest BCUT2D eigenvalue weighted by Crippen LogP contribution is 2.35. The number of para-hydroxylation sites is 2. The van der Waals surface area contributed by atoms with Crippen LogP contribution in [0.3, 0.4) is 0 Å². The molecular formula is C20H20N4O4S2. The third-order valence-corrected chi connectivity index (χ3v) is 7.11. The zero-order valence-corrected chi connectivity index (χ0v) is 18.0. The molecule has 0 unspecified atom stereocenters. The molecule has 0 fully saturated rings. The van der Waals surface area contributed by atoms with E-state index < -0.39 is 4.92 Å². The number of nitrogens with zero attached hydrogens (tertiary/aromatic N) is 3. The predicted octanol–water partition coefficient (Wildman–Crippen LogP) is 4.00. The SMILES string of the molecule is CCCn1c(SCC(=O)Nc2ccccc2[N+](=O)[O-])nc2sc3c(c2c1=O)CCC3. The van der Waals surface area contributed by atoms with Crippen LogP contribution in [0.5, 0.6) is 0 Å². The summed E-state index contributed by atoms with van der Waals surface area (Å²) in [6.07, 6.45) is 3.76. The molecule has 0 atom stereocenters. The molecule has 0 spiro atoms. The Hall–Kier alpha value is -2.72. The molecular weight excluding hydrogens is 424 g/mol. The summed E-state index contributed by atoms with van der Waals surface area (Å²) in [7, 11) is 0. The molecule has 0 aliphatic heterocycles. The number of aryl methyl sites for hydroxylation is 2. The molecule has 1 N–H and O–H groups in total. The predicted molar refractivity (Wildman–Crippen MR) is 119 cm³/mol. The molecule has 1 aromatic carbocycles. The fraction of sp³-hybridized carbons (Fsp3) is 0.350. The van der Waals surface area contributed by atoms with Crippen molar-refractivity contribution in [3.63, 3.8) is 0 Å². The normalized spacial score (nSPS) is 12.8. The van der Waals surface area contributed by atoms with Crippen LogP contribution in [0.15, 0.2) is 34.2 Å². The quantitative estimate of drug-likeness (QED) is 0.255. The second-order valence-electron chi connectivity index (χ2n) is 7.00. The maximum absolute atomic E-state index is 13.2. The van der Waals surface area contributed by atoms with E-state index in [1.54, 1.807) is 28.0 Å². The first kappa shape index (κ1) is 20.5. The monoisotopic (exact) mass is 444 g/mol. The number of hydrogen-bond acceptors (Lipinski definition) is 7. The summed E-state index contributed by atoms with van der Waals surface area (Å²) in [6.45, 7) is 2.52. The van der Waals surface area contributed by atoms with E-state index in [9.17, 15) is 19.7 Å². The Kier molecular flexibility index (Phi) is 5.87. The first-order valence-electron chi connectivity index (χ1n) is 9.70. The minimum Gasteiger partial charge on any atom is -0.320 e. The van der Waals surface area contributed by atoms with Crippen molar-refractivity contribution >= 4 is 50.6 Å². The third-order valence-electron chi connectivity index (χ3n) is 4.94. The maximum atomic E-state index is 13.2. The van der Waals surface area contributed by atoms with Crippen LogP contribution in [-0.4, -0.2) is 26.1 Å². The number of carbonyl (C=O) groups excluding carboxylic acids is 1. The van der Waals surface area contributed by atoms with Gasteiger partial charge in [-0.05, 0) is 37.3 Å². The number of fused-ring (bicyclic) bond motifs is 3. The van der Waals surface area contributed by atoms with Crippen LogP contribution in [-0.2, 0) is 24.2 Å². The number of benzene rings is 1. The maximum Gasteiger partial charge on any atom is 0.292 e. The number of nitrogens with one attached hydrogen (secondary N) is 1. The first-order valence-corrected chi connectivity index (χ1v) is 11.5. The van der Waals surface area contributed by atoms with Gasteiger partial charge in [0.25, 0.3) is 11.2 Å². The smallest absolute Gasteiger partial charge is 0.292 e. The molecule has 1 amide bonds. The fourth-order valence-corrected chi connectivity index (χ4v) is 5.77. The highest BCUT2D eigenvalue weighted by Gasteiger charge is 2.23. The number of anilines is 1. The molecule has 30 heavy (non-hydrogen) atoms. The van der Waals surface area contributed by atoms with Crippen LogP contribution in [0.2, 0.25) is 0 Å². The Morgan fingerprint density at radius 3 is 2.93 bits per heavy atom. The van der Waals surface area contributed by atoms with E-state index in [2.05, 4.69) is 5.32 Å². The number of carbonyl (C=O) groups is 1. The van der Waals surface area contributed by atoms with Gasteiger partial charge in [-0.1, -0.05) is 30.8 Å². The van der Waals surface area contributed by atoms with Crippen LogP contribution in [0.25, 0.3) is 10.2 Å². The van der Waals surface area contributed by atoms with Gasteiger partial charge in [0.1, 0.15) is 10.5 Å². The molecule has 2 aromatic heterocycles. The van der Waals surface area contributed by atoms with Crippen molar-refractivity contribution in [1.82, 2.24) is 9.55 Å². The van der Waals surface area contributed by atoms with Gasteiger partial charge in [0.2, 0.25) is 5.91 Å². The highest BCUT2D eigenvalue weighted by atomic mass is 32.2. The zero-order chi connectivity index (χ0) is 21.3. The van der Waals surface area contributed by atoms with Gasteiger partial charge in [0.05, 0.1) is 16.1 Å². The average Bonchev–Trinajstić information content (AvgIpc) is 3.30. The third kappa shape index (κ3) is 3.84. The Morgan fingerprint density at radius 2 is 2.17 bits per heavy atom. The summed E-state index contributed by atoms with van der Waals surface area (Å²) in [6, 6.07) is 6.00. The number of nitro benzene ring substituents is 1. The summed E-state index contributed by atoms with van der Waals surface area (Å²) in [4.78, 5) is 42.8. The standard InChI is InChI=1S/C20H20N4O4S2/c1-2-10-23-19(26)17-12-6-5-9-15(12)30-18(17)22-20(23)29-11-16(25)21-13-7-3-4-8-14(13)24(27)28/h3-4,7-8H,2,5-6,9-11H2,1H3,(H,21,25). The summed E-state index contributed by atoms with van der Waals surface area (Å²) in [5.74, 6) is -0.390. The molecule has 1 aliphatic carbocycles. The molecule has 1 aliphatic rings. The van der Waals surface area contributed by atoms with Crippen LogP contribution in [0.4, 0.5) is 11.4 Å². The topological polar surface area (TPSA) is 107 Å². The Labute approximate surface area is 180 Å². The summed E-state index contributed by atoms with van der Waals surface area (Å²) in [5, 5.41) is 14.9. The molecule has 8 nitrogen and oxygen atoms in total. The van der Waals surface area contributed by atoms with Crippen molar-refractivity contribution in [2.75, 3.05) is 11.1 Å². The molecule has 2 heterocycles. The summed E-state index contributed by atoms with van der Waals surface area (Å²) < 4.78 is 1.65. The molecule has 3 aromatic rings. The van der Waals surface area contributed by atoms with Crippen LogP contribution in [0.1, 0.15) is 30.2 Å². The van der Waals surface area contributed by atoms with Gasteiger partial charge in [-0.3, -0.25) is 24.3 Å². The van der Waals surface area contributed by atoms with Crippen LogP contribution < -0.4 is 10.9 Å². The van der Waals surface area contributed by atoms with Gasteiger partial charge in [-0.15, -0.1) is 11.3 Å². The highest BCUT2D eigenvalue weighted by molar-refractivity contribution is 7.99. The van der Waals surface area contributed by atoms with Crippen LogP contribution in [0, 0.1) is 10.1 Å². The number of thiophene rings is 1. The Bertz CT molecular complexity index is 1200. The van der Waals surface area contributed by atoms with Crippen molar-refractivity contribution in [2.45, 2.75) is 44.3 Å². The number of nitro groups is 1. The largest absolute Gasteiger partial charge is 0.320 e. The Morgan fingerprint density at radius 1 is 1.37 bits per heavy atom. The van der Waals surface area contributed by atoms with E-state index in [1.165, 1.54) is 28.8 Å². The second kappa shape index (κ2) is 8.57. The van der Waals surface area contributed by atoms with E-state index in [1.807, 2.05) is 6.92 Å². The van der Waals surface area contributed by atoms with Crippen molar-refractivity contribution in [1.29, 1.82) is 0 Å². The number of amides is 1. The number of hydrogen-bond donors (Lipinski definition) is 1. The molecule has 4 rings (SSSR count). The van der Waals surface area contributed by atoms with Gasteiger partial charge in [0, 0.05) is 17.5 Å². The lowest BCUT2D eigenvalue weighted by Crippen LogP contribution is -2.24. The van der Waals surface area contributed by atoms with Crippen LogP contribution >= 0.6 is 23.1 Å². The van der Waals surface area contributed by atoms with E-state index in [0.29, 0.717) is 11.7 Å². The van der Waals surface area contributed by atoms with Crippen molar-refractivity contribution < 1.29 is 9.72 Å². The van der Waals surface area contributed by atoms with Gasteiger partial charge >= 0.3 is 0 Å². The molecule has 0 bridgehead atoms. The van der Waals surface area contributed by atoms with Gasteiger partial charge < -0.3 is 5.32 Å². The lowest BCUT2D eigenvalue weighted by Gasteiger charge is -2.11. The van der Waals surface area contributed by atoms with E-state index >= 15 is 0 Å². The van der Waals surface area contributed by atoms with E-state index in [-0.39, 0.29) is 28.6 Å². The van der Waals surface area contributed by atoms with Gasteiger partial charge in [0.15, 0.2) is 5.16 Å². The zero-order valence-electron chi connectivity index (χ0n) is 16.3. The second-order valence-corrected chi connectivity index (χ2v) is 9.03. The van der Waals surface area contributed by atoms with Crippen molar-refractivity contribution in [2.24, 2.45) is 0 Å². The molecule has 156 valence electrons. The number of aromatic nitrogens is 2. The molecule has 0 radical (unpaired) electrons. The van der Waals surface area contributed by atoms with E-state index in [4.69, 9.17) is 4.98 Å². The average molecular weight is 445 g/mol. The first-order chi connectivity index (χ1) is 14.5. The number of rotatable bonds is 7. The molecule has 0 saturated heterocycles. The summed E-state index contributed by atoms with van der Waals surface area (Å²) in [5.41, 5.74) is 1.09. The lowest BCUT2D eigenvalue weighted by molar-refractivity contribution is -0.383. The number of thioether (sulfide) groups is 1. The molecule has 0 saturated carbocycles. The molecule has 10 heteroatoms. The van der Waals surface area contributed by atoms with Gasteiger partial charge in [-0.2, -0.15) is 0 Å². The van der Waals surface area contributed by atoms with E-state index in [0.717, 1.165) is 41.5 Å². The van der Waals surface area contributed by atoms with Crippen molar-refractivity contribution in [3.05, 3.63) is 55.2 Å². The minimum absolute atomic E-state index is 0.00119. The fourth-order valence-electron chi connectivity index (χ4n) is 3.64. The van der Waals surface area contributed by atoms with Crippen molar-refractivity contribution in [3.8, 4) is 0 Å². The minimum atomic E-state index is -0.535. The van der Waals surface area contributed by atoms with Gasteiger partial charge in [-0.25, -0.2) is 4.98 Å². The lowest BCUT2D eigenvalue weighted by atomic mass is 10.2.